The van der Waals surface area contributed by atoms with Gasteiger partial charge in [0.2, 0.25) is 11.8 Å². The molecule has 4 N–H and O–H groups in total. The van der Waals surface area contributed by atoms with E-state index in [-0.39, 0.29) is 11.6 Å². The van der Waals surface area contributed by atoms with E-state index >= 15 is 0 Å². The number of carbonyl (C=O) groups is 3. The molecule has 2 aliphatic heterocycles. The molecule has 1 saturated heterocycles. The van der Waals surface area contributed by atoms with E-state index in [1.165, 1.54) is 0 Å². The summed E-state index contributed by atoms with van der Waals surface area (Å²) in [5.41, 5.74) is 0.462. The zero-order valence-corrected chi connectivity index (χ0v) is 13.2. The van der Waals surface area contributed by atoms with Crippen molar-refractivity contribution in [1.82, 2.24) is 10.6 Å². The SMILES string of the molecule is O=C(O)C1=N[C@@H]([C@@H]2NC(=O)C(c3ccccc3)NC2=O)S[C@H]1CO. The molecule has 0 spiro atoms. The zero-order chi connectivity index (χ0) is 17.3. The van der Waals surface area contributed by atoms with Crippen molar-refractivity contribution in [2.24, 2.45) is 4.99 Å². The lowest BCUT2D eigenvalue weighted by Gasteiger charge is -2.31. The molecule has 0 aliphatic carbocycles. The van der Waals surface area contributed by atoms with E-state index < -0.39 is 41.2 Å². The van der Waals surface area contributed by atoms with Gasteiger partial charge in [0, 0.05) is 0 Å². The number of amides is 2. The fraction of sp³-hybridized carbons (Fsp3) is 0.333. The highest BCUT2D eigenvalue weighted by atomic mass is 32.2. The number of nitrogens with zero attached hydrogens (tertiary/aromatic N) is 1. The average Bonchev–Trinajstić information content (AvgIpc) is 3.02. The van der Waals surface area contributed by atoms with Crippen molar-refractivity contribution >= 4 is 35.3 Å². The van der Waals surface area contributed by atoms with E-state index in [0.29, 0.717) is 5.56 Å². The summed E-state index contributed by atoms with van der Waals surface area (Å²) in [4.78, 5) is 39.8. The van der Waals surface area contributed by atoms with Gasteiger partial charge in [0.25, 0.3) is 0 Å². The van der Waals surface area contributed by atoms with Crippen LogP contribution in [0.15, 0.2) is 35.3 Å². The van der Waals surface area contributed by atoms with Crippen molar-refractivity contribution in [1.29, 1.82) is 0 Å². The van der Waals surface area contributed by atoms with Gasteiger partial charge in [0.15, 0.2) is 0 Å². The van der Waals surface area contributed by atoms with E-state index in [2.05, 4.69) is 15.6 Å². The Hall–Kier alpha value is -2.39. The minimum atomic E-state index is -1.24. The molecule has 9 heteroatoms. The summed E-state index contributed by atoms with van der Waals surface area (Å²) < 4.78 is 0. The topological polar surface area (TPSA) is 128 Å². The van der Waals surface area contributed by atoms with Crippen LogP contribution in [-0.2, 0) is 14.4 Å². The second-order valence-electron chi connectivity index (χ2n) is 5.36. The van der Waals surface area contributed by atoms with Gasteiger partial charge in [-0.2, -0.15) is 0 Å². The van der Waals surface area contributed by atoms with Gasteiger partial charge in [0.1, 0.15) is 23.2 Å². The fourth-order valence-corrected chi connectivity index (χ4v) is 3.88. The van der Waals surface area contributed by atoms with Crippen LogP contribution in [0, 0.1) is 0 Å². The molecule has 4 atom stereocenters. The first-order valence-corrected chi connectivity index (χ1v) is 8.18. The van der Waals surface area contributed by atoms with Crippen molar-refractivity contribution in [3.63, 3.8) is 0 Å². The van der Waals surface area contributed by atoms with Gasteiger partial charge in [-0.1, -0.05) is 30.3 Å². The number of carbonyl (C=O) groups excluding carboxylic acids is 2. The molecular weight excluding hydrogens is 334 g/mol. The second kappa shape index (κ2) is 6.62. The smallest absolute Gasteiger partial charge is 0.351 e. The van der Waals surface area contributed by atoms with Gasteiger partial charge < -0.3 is 20.8 Å². The number of carboxylic acid groups (broad SMARTS) is 1. The van der Waals surface area contributed by atoms with Crippen LogP contribution in [0.3, 0.4) is 0 Å². The maximum Gasteiger partial charge on any atom is 0.351 e. The normalized spacial score (nSPS) is 29.6. The average molecular weight is 349 g/mol. The van der Waals surface area contributed by atoms with Crippen LogP contribution in [0.5, 0.6) is 0 Å². The molecule has 2 aliphatic rings. The third-order valence-corrected chi connectivity index (χ3v) is 5.16. The van der Waals surface area contributed by atoms with Crippen LogP contribution < -0.4 is 10.6 Å². The molecule has 1 aromatic carbocycles. The number of hydrogen-bond donors (Lipinski definition) is 4. The minimum Gasteiger partial charge on any atom is -0.477 e. The predicted octanol–water partition coefficient (Wildman–Crippen LogP) is -0.698. The first-order valence-electron chi connectivity index (χ1n) is 7.24. The lowest BCUT2D eigenvalue weighted by atomic mass is 10.0. The summed E-state index contributed by atoms with van der Waals surface area (Å²) in [6, 6.07) is 7.04. The highest BCUT2D eigenvalue weighted by molar-refractivity contribution is 8.01. The quantitative estimate of drug-likeness (QED) is 0.569. The van der Waals surface area contributed by atoms with Crippen molar-refractivity contribution < 1.29 is 24.6 Å². The Kier molecular flexibility index (Phi) is 4.54. The molecule has 126 valence electrons. The standard InChI is InChI=1S/C15H15N3O5S/c19-6-8-10(15(22)23)18-14(24-8)11-13(21)16-9(12(20)17-11)7-4-2-1-3-5-7/h1-5,8-9,11,14,19H,6H2,(H,16,21)(H,17,20)(H,22,23)/t8-,9?,11+,14+/m0/s1. The maximum atomic E-state index is 12.4. The highest BCUT2D eigenvalue weighted by Gasteiger charge is 2.44. The number of aliphatic carboxylic acids is 1. The summed E-state index contributed by atoms with van der Waals surface area (Å²) in [7, 11) is 0. The number of carboxylic acids is 1. The van der Waals surface area contributed by atoms with E-state index in [1.807, 2.05) is 0 Å². The molecule has 0 radical (unpaired) electrons. The minimum absolute atomic E-state index is 0.195. The largest absolute Gasteiger partial charge is 0.477 e. The zero-order valence-electron chi connectivity index (χ0n) is 12.4. The molecule has 3 rings (SSSR count). The van der Waals surface area contributed by atoms with Gasteiger partial charge in [-0.15, -0.1) is 11.8 Å². The maximum absolute atomic E-state index is 12.4. The molecular formula is C15H15N3O5S. The number of benzene rings is 1. The number of rotatable bonds is 4. The predicted molar refractivity (Wildman–Crippen MR) is 86.6 cm³/mol. The molecule has 2 amide bonds. The number of aliphatic hydroxyl groups excluding tert-OH is 1. The number of hydrogen-bond acceptors (Lipinski definition) is 6. The van der Waals surface area contributed by atoms with Crippen LogP contribution in [-0.4, -0.2) is 57.0 Å². The third-order valence-electron chi connectivity index (χ3n) is 3.81. The van der Waals surface area contributed by atoms with Gasteiger partial charge in [-0.3, -0.25) is 14.6 Å². The fourth-order valence-electron chi connectivity index (χ4n) is 2.64. The van der Waals surface area contributed by atoms with Crippen molar-refractivity contribution in [2.75, 3.05) is 6.61 Å². The van der Waals surface area contributed by atoms with Crippen molar-refractivity contribution in [3.05, 3.63) is 35.9 Å². The summed E-state index contributed by atoms with van der Waals surface area (Å²) in [5.74, 6) is -2.06. The van der Waals surface area contributed by atoms with E-state index in [9.17, 15) is 19.5 Å². The lowest BCUT2D eigenvalue weighted by Crippen LogP contribution is -2.60. The van der Waals surface area contributed by atoms with Crippen LogP contribution in [0.1, 0.15) is 11.6 Å². The molecule has 0 bridgehead atoms. The third kappa shape index (κ3) is 3.00. The number of nitrogens with one attached hydrogen (secondary N) is 2. The molecule has 24 heavy (non-hydrogen) atoms. The molecule has 1 fully saturated rings. The molecule has 0 aromatic heterocycles. The highest BCUT2D eigenvalue weighted by Crippen LogP contribution is 2.32. The number of piperazine rings is 1. The van der Waals surface area contributed by atoms with Gasteiger partial charge in [-0.25, -0.2) is 4.79 Å². The van der Waals surface area contributed by atoms with Crippen LogP contribution in [0.25, 0.3) is 0 Å². The van der Waals surface area contributed by atoms with E-state index in [4.69, 9.17) is 5.11 Å². The Bertz CT molecular complexity index is 708. The molecule has 1 unspecified atom stereocenters. The molecule has 2 heterocycles. The Labute approximate surface area is 141 Å². The molecule has 0 saturated carbocycles. The van der Waals surface area contributed by atoms with Crippen LogP contribution >= 0.6 is 11.8 Å². The number of thioether (sulfide) groups is 1. The Morgan fingerprint density at radius 1 is 1.17 bits per heavy atom. The summed E-state index contributed by atoms with van der Waals surface area (Å²) in [5, 5.41) is 22.1. The van der Waals surface area contributed by atoms with E-state index in [0.717, 1.165) is 11.8 Å². The summed E-state index contributed by atoms with van der Waals surface area (Å²) in [6.07, 6.45) is 0. The van der Waals surface area contributed by atoms with E-state index in [1.54, 1.807) is 30.3 Å². The van der Waals surface area contributed by atoms with Gasteiger partial charge in [0.05, 0.1) is 11.9 Å². The Morgan fingerprint density at radius 2 is 1.88 bits per heavy atom. The van der Waals surface area contributed by atoms with Gasteiger partial charge >= 0.3 is 5.97 Å². The summed E-state index contributed by atoms with van der Waals surface area (Å²) >= 11 is 1.05. The monoisotopic (exact) mass is 349 g/mol. The lowest BCUT2D eigenvalue weighted by molar-refractivity contribution is -0.136. The van der Waals surface area contributed by atoms with Crippen molar-refractivity contribution in [3.8, 4) is 0 Å². The first kappa shape index (κ1) is 16.5. The number of aliphatic hydroxyl groups is 1. The van der Waals surface area contributed by atoms with Crippen LogP contribution in [0.4, 0.5) is 0 Å². The summed E-state index contributed by atoms with van der Waals surface area (Å²) in [6.45, 7) is -0.402. The van der Waals surface area contributed by atoms with Crippen molar-refractivity contribution in [2.45, 2.75) is 22.7 Å². The first-order chi connectivity index (χ1) is 11.5. The second-order valence-corrected chi connectivity index (χ2v) is 6.68. The molecule has 1 aromatic rings. The Morgan fingerprint density at radius 3 is 2.46 bits per heavy atom. The number of aliphatic imine (C=N–C) groups is 1. The Balaban J connectivity index is 1.77. The van der Waals surface area contributed by atoms with Crippen LogP contribution in [0.2, 0.25) is 0 Å². The van der Waals surface area contributed by atoms with Gasteiger partial charge in [-0.05, 0) is 5.56 Å². The molecule has 8 nitrogen and oxygen atoms in total.